The van der Waals surface area contributed by atoms with Gasteiger partial charge in [-0.25, -0.2) is 0 Å². The van der Waals surface area contributed by atoms with Crippen LogP contribution in [0.5, 0.6) is 0 Å². The van der Waals surface area contributed by atoms with Crippen molar-refractivity contribution >= 4 is 38.8 Å². The van der Waals surface area contributed by atoms with E-state index in [-0.39, 0.29) is 10.8 Å². The van der Waals surface area contributed by atoms with Crippen LogP contribution in [0.4, 0.5) is 11.4 Å². The molecular formula is C56H50N2. The molecule has 1 heterocycles. The molecule has 2 nitrogen and oxygen atoms in total. The van der Waals surface area contributed by atoms with Gasteiger partial charge in [0.25, 0.3) is 0 Å². The van der Waals surface area contributed by atoms with E-state index in [9.17, 15) is 0 Å². The summed E-state index contributed by atoms with van der Waals surface area (Å²) in [5.41, 5.74) is 18.3. The van der Waals surface area contributed by atoms with Crippen LogP contribution < -0.4 is 4.90 Å². The molecule has 0 atom stereocenters. The van der Waals surface area contributed by atoms with Crippen LogP contribution in [0.1, 0.15) is 70.1 Å². The van der Waals surface area contributed by atoms with E-state index in [2.05, 4.69) is 219 Å². The average molecular weight is 751 g/mol. The lowest BCUT2D eigenvalue weighted by atomic mass is 9.63. The number of benzene rings is 7. The highest BCUT2D eigenvalue weighted by Gasteiger charge is 2.37. The van der Waals surface area contributed by atoms with Gasteiger partial charge in [0.05, 0.1) is 11.0 Å². The van der Waals surface area contributed by atoms with Gasteiger partial charge in [-0.3, -0.25) is 0 Å². The van der Waals surface area contributed by atoms with Crippen LogP contribution in [0.25, 0.3) is 55.3 Å². The van der Waals surface area contributed by atoms with Crippen LogP contribution in [-0.2, 0) is 10.8 Å². The molecule has 0 saturated heterocycles. The quantitative estimate of drug-likeness (QED) is 0.157. The summed E-state index contributed by atoms with van der Waals surface area (Å²) in [6, 6.07) is 62.5. The summed E-state index contributed by atoms with van der Waals surface area (Å²) in [5.74, 6) is 0. The molecule has 0 amide bonds. The fourth-order valence-electron chi connectivity index (χ4n) is 9.67. The van der Waals surface area contributed by atoms with Crippen LogP contribution in [0.15, 0.2) is 188 Å². The predicted molar refractivity (Wildman–Crippen MR) is 247 cm³/mol. The van der Waals surface area contributed by atoms with E-state index in [0.29, 0.717) is 0 Å². The van der Waals surface area contributed by atoms with Gasteiger partial charge in [0.15, 0.2) is 0 Å². The third kappa shape index (κ3) is 6.28. The molecule has 58 heavy (non-hydrogen) atoms. The Bertz CT molecular complexity index is 2770. The molecule has 284 valence electrons. The monoisotopic (exact) mass is 750 g/mol. The van der Waals surface area contributed by atoms with Crippen molar-refractivity contribution in [3.05, 3.63) is 204 Å². The summed E-state index contributed by atoms with van der Waals surface area (Å²) in [7, 11) is 0. The Morgan fingerprint density at radius 2 is 1.02 bits per heavy atom. The van der Waals surface area contributed by atoms with Crippen LogP contribution in [-0.4, -0.2) is 4.57 Å². The number of aromatic nitrogens is 1. The third-order valence-corrected chi connectivity index (χ3v) is 13.0. The molecular weight excluding hydrogens is 701 g/mol. The Balaban J connectivity index is 1.06. The molecule has 0 radical (unpaired) electrons. The molecule has 0 N–H and O–H groups in total. The smallest absolute Gasteiger partial charge is 0.0547 e. The van der Waals surface area contributed by atoms with E-state index < -0.39 is 0 Å². The van der Waals surface area contributed by atoms with E-state index in [1.165, 1.54) is 90.5 Å². The second-order valence-electron chi connectivity index (χ2n) is 17.6. The average Bonchev–Trinajstić information content (AvgIpc) is 3.61. The zero-order valence-electron chi connectivity index (χ0n) is 34.0. The number of allylic oxidation sites excluding steroid dienone is 4. The van der Waals surface area contributed by atoms with Crippen molar-refractivity contribution < 1.29 is 0 Å². The molecule has 10 rings (SSSR count). The fourth-order valence-corrected chi connectivity index (χ4v) is 9.67. The molecule has 2 aliphatic rings. The highest BCUT2D eigenvalue weighted by molar-refractivity contribution is 6.14. The van der Waals surface area contributed by atoms with Crippen molar-refractivity contribution in [2.24, 2.45) is 0 Å². The number of hydrogen-bond donors (Lipinski definition) is 0. The maximum absolute atomic E-state index is 2.51. The molecule has 0 unspecified atom stereocenters. The Morgan fingerprint density at radius 1 is 0.466 bits per heavy atom. The highest BCUT2D eigenvalue weighted by Crippen LogP contribution is 2.47. The molecule has 1 aromatic heterocycles. The number of rotatable bonds is 7. The minimum absolute atomic E-state index is 0.142. The molecule has 2 heteroatoms. The van der Waals surface area contributed by atoms with Gasteiger partial charge in [-0.1, -0.05) is 155 Å². The molecule has 0 spiro atoms. The van der Waals surface area contributed by atoms with Crippen molar-refractivity contribution in [3.8, 4) is 27.9 Å². The second-order valence-corrected chi connectivity index (χ2v) is 17.6. The first-order chi connectivity index (χ1) is 28.2. The van der Waals surface area contributed by atoms with E-state index in [1.54, 1.807) is 0 Å². The minimum Gasteiger partial charge on any atom is -0.314 e. The standard InChI is InChI=1S/C56H50N2/c1-55(2)36-37-56(3,4)51-38-47(34-35-50(51)55)58-52-20-12-11-18-49(52)54-48(19-13-21-53(54)58)43-26-32-46(33-27-43)57(44-28-22-41(23-29-44)39-14-7-5-8-15-39)45-30-24-42(25-31-45)40-16-9-6-10-17-40/h5-26,28-32,34-35,38H,27,33,36-37H2,1-4H3. The molecule has 8 aromatic rings. The molecule has 0 saturated carbocycles. The lowest BCUT2D eigenvalue weighted by Crippen LogP contribution is -2.33. The van der Waals surface area contributed by atoms with Gasteiger partial charge in [-0.15, -0.1) is 0 Å². The van der Waals surface area contributed by atoms with Crippen molar-refractivity contribution in [1.82, 2.24) is 4.57 Å². The number of hydrogen-bond acceptors (Lipinski definition) is 1. The third-order valence-electron chi connectivity index (χ3n) is 13.0. The van der Waals surface area contributed by atoms with Gasteiger partial charge < -0.3 is 9.47 Å². The maximum Gasteiger partial charge on any atom is 0.0547 e. The van der Waals surface area contributed by atoms with Crippen LogP contribution in [0.3, 0.4) is 0 Å². The Kier molecular flexibility index (Phi) is 8.82. The summed E-state index contributed by atoms with van der Waals surface area (Å²) in [4.78, 5) is 2.45. The first-order valence-corrected chi connectivity index (χ1v) is 20.9. The Morgan fingerprint density at radius 3 is 1.62 bits per heavy atom. The summed E-state index contributed by atoms with van der Waals surface area (Å²) in [5, 5.41) is 2.64. The van der Waals surface area contributed by atoms with Gasteiger partial charge in [0.2, 0.25) is 0 Å². The lowest BCUT2D eigenvalue weighted by molar-refractivity contribution is 0.332. The summed E-state index contributed by atoms with van der Waals surface area (Å²) < 4.78 is 2.51. The number of nitrogens with zero attached hydrogens (tertiary/aromatic N) is 2. The molecule has 7 aromatic carbocycles. The highest BCUT2D eigenvalue weighted by atomic mass is 15.1. The van der Waals surface area contributed by atoms with Crippen molar-refractivity contribution in [1.29, 1.82) is 0 Å². The van der Waals surface area contributed by atoms with E-state index in [4.69, 9.17) is 0 Å². The first kappa shape index (κ1) is 36.0. The normalized spacial score (nSPS) is 15.8. The Labute approximate surface area is 343 Å². The van der Waals surface area contributed by atoms with Crippen molar-refractivity contribution in [3.63, 3.8) is 0 Å². The maximum atomic E-state index is 2.51. The van der Waals surface area contributed by atoms with E-state index in [0.717, 1.165) is 24.2 Å². The summed E-state index contributed by atoms with van der Waals surface area (Å²) in [6.45, 7) is 9.67. The number of para-hydroxylation sites is 1. The van der Waals surface area contributed by atoms with Crippen molar-refractivity contribution in [2.45, 2.75) is 64.2 Å². The fraction of sp³-hybridized carbons (Fsp3) is 0.179. The van der Waals surface area contributed by atoms with E-state index >= 15 is 0 Å². The SMILES string of the molecule is CC1(C)CCC(C)(C)c2cc(-n3c4ccccc4c4c(C5=CC=C(N(c6ccc(-c7ccccc7)cc6)c6ccc(-c7ccccc7)cc6)CC5)cccc43)ccc21. The largest absolute Gasteiger partial charge is 0.314 e. The zero-order valence-corrected chi connectivity index (χ0v) is 34.0. The van der Waals surface area contributed by atoms with Gasteiger partial charge in [0.1, 0.15) is 0 Å². The number of fused-ring (bicyclic) bond motifs is 4. The second kappa shape index (κ2) is 14.2. The van der Waals surface area contributed by atoms with Crippen LogP contribution >= 0.6 is 0 Å². The molecule has 2 aliphatic carbocycles. The van der Waals surface area contributed by atoms with Crippen LogP contribution in [0, 0.1) is 0 Å². The molecule has 0 fully saturated rings. The lowest BCUT2D eigenvalue weighted by Gasteiger charge is -2.42. The zero-order chi connectivity index (χ0) is 39.4. The summed E-state index contributed by atoms with van der Waals surface area (Å²) >= 11 is 0. The predicted octanol–water partition coefficient (Wildman–Crippen LogP) is 15.4. The first-order valence-electron chi connectivity index (χ1n) is 20.9. The molecule has 0 aliphatic heterocycles. The van der Waals surface area contributed by atoms with E-state index in [1.807, 2.05) is 0 Å². The van der Waals surface area contributed by atoms with Gasteiger partial charge >= 0.3 is 0 Å². The van der Waals surface area contributed by atoms with Gasteiger partial charge in [-0.05, 0) is 136 Å². The minimum atomic E-state index is 0.142. The van der Waals surface area contributed by atoms with Gasteiger partial charge in [-0.2, -0.15) is 0 Å². The van der Waals surface area contributed by atoms with Crippen molar-refractivity contribution in [2.75, 3.05) is 4.90 Å². The topological polar surface area (TPSA) is 8.17 Å². The van der Waals surface area contributed by atoms with Gasteiger partial charge in [0, 0.05) is 33.5 Å². The molecule has 0 bridgehead atoms. The summed E-state index contributed by atoms with van der Waals surface area (Å²) in [6.07, 6.45) is 9.04. The van der Waals surface area contributed by atoms with Crippen LogP contribution in [0.2, 0.25) is 0 Å². The Hall–Kier alpha value is -6.38. The number of anilines is 2.